The average molecular weight is 326 g/mol. The Balaban J connectivity index is 2.32. The van der Waals surface area contributed by atoms with Crippen molar-refractivity contribution < 1.29 is 4.39 Å². The Morgan fingerprint density at radius 2 is 2.26 bits per heavy atom. The Morgan fingerprint density at radius 1 is 1.47 bits per heavy atom. The molecule has 1 rings (SSSR count). The molecule has 0 radical (unpaired) electrons. The summed E-state index contributed by atoms with van der Waals surface area (Å²) in [7, 11) is 1.68. The Hall–Kier alpha value is -1.54. The fourth-order valence-corrected chi connectivity index (χ4v) is 1.90. The Morgan fingerprint density at radius 3 is 2.89 bits per heavy atom. The Labute approximate surface area is 121 Å². The van der Waals surface area contributed by atoms with Crippen LogP contribution in [-0.2, 0) is 6.42 Å². The molecule has 0 spiro atoms. The second-order valence-corrected chi connectivity index (χ2v) is 4.81. The van der Waals surface area contributed by atoms with Gasteiger partial charge in [-0.2, -0.15) is 0 Å². The van der Waals surface area contributed by atoms with E-state index in [1.54, 1.807) is 13.1 Å². The van der Waals surface area contributed by atoms with Crippen molar-refractivity contribution in [1.82, 2.24) is 10.6 Å². The molecule has 0 amide bonds. The van der Waals surface area contributed by atoms with E-state index in [2.05, 4.69) is 37.5 Å². The SMILES string of the molecule is C#CCNC(=NC)NCCCc1ccc(Br)cc1F. The number of nitrogens with zero attached hydrogens (tertiary/aromatic N) is 1. The van der Waals surface area contributed by atoms with Crippen LogP contribution in [0, 0.1) is 18.2 Å². The first-order valence-corrected chi connectivity index (χ1v) is 6.78. The molecule has 0 aliphatic carbocycles. The monoisotopic (exact) mass is 325 g/mol. The van der Waals surface area contributed by atoms with Crippen LogP contribution in [0.2, 0.25) is 0 Å². The molecule has 0 saturated carbocycles. The van der Waals surface area contributed by atoms with Crippen LogP contribution in [0.5, 0.6) is 0 Å². The number of rotatable bonds is 5. The molecule has 0 aliphatic rings. The van der Waals surface area contributed by atoms with Crippen molar-refractivity contribution in [2.75, 3.05) is 20.1 Å². The molecule has 0 aliphatic heterocycles. The topological polar surface area (TPSA) is 36.4 Å². The summed E-state index contributed by atoms with van der Waals surface area (Å²) in [4.78, 5) is 4.02. The maximum atomic E-state index is 13.6. The van der Waals surface area contributed by atoms with Crippen molar-refractivity contribution in [3.05, 3.63) is 34.1 Å². The van der Waals surface area contributed by atoms with Crippen LogP contribution in [0.15, 0.2) is 27.7 Å². The highest BCUT2D eigenvalue weighted by atomic mass is 79.9. The second-order valence-electron chi connectivity index (χ2n) is 3.90. The lowest BCUT2D eigenvalue weighted by atomic mass is 10.1. The molecule has 1 aromatic carbocycles. The molecular formula is C14H17BrFN3. The summed E-state index contributed by atoms with van der Waals surface area (Å²) in [5.74, 6) is 2.96. The van der Waals surface area contributed by atoms with Gasteiger partial charge in [-0.25, -0.2) is 4.39 Å². The fourth-order valence-electron chi connectivity index (χ4n) is 1.57. The van der Waals surface area contributed by atoms with Crippen molar-refractivity contribution in [3.8, 4) is 12.3 Å². The number of halogens is 2. The predicted molar refractivity (Wildman–Crippen MR) is 80.6 cm³/mol. The van der Waals surface area contributed by atoms with Gasteiger partial charge in [-0.05, 0) is 30.5 Å². The van der Waals surface area contributed by atoms with Gasteiger partial charge in [0.15, 0.2) is 5.96 Å². The van der Waals surface area contributed by atoms with Gasteiger partial charge < -0.3 is 10.6 Å². The zero-order valence-corrected chi connectivity index (χ0v) is 12.4. The van der Waals surface area contributed by atoms with Crippen LogP contribution in [-0.4, -0.2) is 26.1 Å². The van der Waals surface area contributed by atoms with Gasteiger partial charge in [0.1, 0.15) is 5.82 Å². The van der Waals surface area contributed by atoms with Gasteiger partial charge in [0, 0.05) is 18.1 Å². The van der Waals surface area contributed by atoms with Gasteiger partial charge in [-0.1, -0.05) is 27.9 Å². The Kier molecular flexibility index (Phi) is 6.98. The molecule has 2 N–H and O–H groups in total. The van der Waals surface area contributed by atoms with Gasteiger partial charge in [0.05, 0.1) is 6.54 Å². The number of benzene rings is 1. The lowest BCUT2D eigenvalue weighted by Gasteiger charge is -2.10. The third-order valence-electron chi connectivity index (χ3n) is 2.51. The van der Waals surface area contributed by atoms with E-state index in [4.69, 9.17) is 6.42 Å². The maximum absolute atomic E-state index is 13.6. The summed E-state index contributed by atoms with van der Waals surface area (Å²) in [6.07, 6.45) is 6.64. The third-order valence-corrected chi connectivity index (χ3v) is 3.01. The van der Waals surface area contributed by atoms with E-state index in [0.29, 0.717) is 25.5 Å². The molecule has 0 atom stereocenters. The van der Waals surface area contributed by atoms with E-state index in [-0.39, 0.29) is 5.82 Å². The van der Waals surface area contributed by atoms with Crippen LogP contribution in [0.1, 0.15) is 12.0 Å². The zero-order valence-electron chi connectivity index (χ0n) is 10.8. The molecular weight excluding hydrogens is 309 g/mol. The zero-order chi connectivity index (χ0) is 14.1. The quantitative estimate of drug-likeness (QED) is 0.377. The predicted octanol–water partition coefficient (Wildman–Crippen LogP) is 2.32. The molecule has 5 heteroatoms. The minimum atomic E-state index is -0.177. The van der Waals surface area contributed by atoms with Gasteiger partial charge in [0.2, 0.25) is 0 Å². The smallest absolute Gasteiger partial charge is 0.191 e. The van der Waals surface area contributed by atoms with E-state index in [9.17, 15) is 4.39 Å². The van der Waals surface area contributed by atoms with E-state index in [1.165, 1.54) is 6.07 Å². The van der Waals surface area contributed by atoms with Crippen molar-refractivity contribution in [2.24, 2.45) is 4.99 Å². The summed E-state index contributed by atoms with van der Waals surface area (Å²) in [5.41, 5.74) is 0.719. The van der Waals surface area contributed by atoms with Crippen LogP contribution in [0.4, 0.5) is 4.39 Å². The van der Waals surface area contributed by atoms with Gasteiger partial charge in [-0.3, -0.25) is 4.99 Å². The molecule has 0 fully saturated rings. The summed E-state index contributed by atoms with van der Waals surface area (Å²) < 4.78 is 14.3. The molecule has 0 saturated heterocycles. The summed E-state index contributed by atoms with van der Waals surface area (Å²) in [5, 5.41) is 6.08. The number of hydrogen-bond donors (Lipinski definition) is 2. The van der Waals surface area contributed by atoms with Crippen molar-refractivity contribution >= 4 is 21.9 Å². The number of terminal acetylenes is 1. The standard InChI is InChI=1S/C14H17BrFN3/c1-3-8-18-14(17-2)19-9-4-5-11-6-7-12(15)10-13(11)16/h1,6-7,10H,4-5,8-9H2,2H3,(H2,17,18,19). The third kappa shape index (κ3) is 5.75. The molecule has 19 heavy (non-hydrogen) atoms. The van der Waals surface area contributed by atoms with Gasteiger partial charge in [0.25, 0.3) is 0 Å². The second kappa shape index (κ2) is 8.54. The van der Waals surface area contributed by atoms with E-state index >= 15 is 0 Å². The van der Waals surface area contributed by atoms with Crippen molar-refractivity contribution in [3.63, 3.8) is 0 Å². The first-order chi connectivity index (χ1) is 9.17. The lowest BCUT2D eigenvalue weighted by Crippen LogP contribution is -2.37. The number of aliphatic imine (C=N–C) groups is 1. The average Bonchev–Trinajstić information content (AvgIpc) is 2.40. The first kappa shape index (κ1) is 15.5. The van der Waals surface area contributed by atoms with E-state index < -0.39 is 0 Å². The largest absolute Gasteiger partial charge is 0.356 e. The Bertz CT molecular complexity index is 480. The first-order valence-electron chi connectivity index (χ1n) is 5.99. The summed E-state index contributed by atoms with van der Waals surface area (Å²) in [6, 6.07) is 5.13. The minimum Gasteiger partial charge on any atom is -0.356 e. The summed E-state index contributed by atoms with van der Waals surface area (Å²) >= 11 is 3.24. The number of aryl methyl sites for hydroxylation is 1. The van der Waals surface area contributed by atoms with E-state index in [0.717, 1.165) is 16.5 Å². The number of nitrogens with one attached hydrogen (secondary N) is 2. The number of hydrogen-bond acceptors (Lipinski definition) is 1. The van der Waals surface area contributed by atoms with Crippen LogP contribution >= 0.6 is 15.9 Å². The lowest BCUT2D eigenvalue weighted by molar-refractivity contribution is 0.602. The van der Waals surface area contributed by atoms with Crippen LogP contribution in [0.3, 0.4) is 0 Å². The fraction of sp³-hybridized carbons (Fsp3) is 0.357. The molecule has 3 nitrogen and oxygen atoms in total. The molecule has 0 heterocycles. The highest BCUT2D eigenvalue weighted by molar-refractivity contribution is 9.10. The highest BCUT2D eigenvalue weighted by Crippen LogP contribution is 2.16. The maximum Gasteiger partial charge on any atom is 0.191 e. The highest BCUT2D eigenvalue weighted by Gasteiger charge is 2.02. The number of guanidine groups is 1. The molecule has 1 aromatic rings. The van der Waals surface area contributed by atoms with Crippen molar-refractivity contribution in [2.45, 2.75) is 12.8 Å². The molecule has 0 unspecified atom stereocenters. The van der Waals surface area contributed by atoms with E-state index in [1.807, 2.05) is 6.07 Å². The molecule has 0 bridgehead atoms. The molecule has 0 aromatic heterocycles. The van der Waals surface area contributed by atoms with Crippen LogP contribution < -0.4 is 10.6 Å². The van der Waals surface area contributed by atoms with Gasteiger partial charge >= 0.3 is 0 Å². The normalized spacial score (nSPS) is 10.9. The van der Waals surface area contributed by atoms with Gasteiger partial charge in [-0.15, -0.1) is 6.42 Å². The van der Waals surface area contributed by atoms with Crippen molar-refractivity contribution in [1.29, 1.82) is 0 Å². The minimum absolute atomic E-state index is 0.177. The summed E-state index contributed by atoms with van der Waals surface area (Å²) in [6.45, 7) is 1.14. The van der Waals surface area contributed by atoms with Crippen LogP contribution in [0.25, 0.3) is 0 Å². The molecule has 102 valence electrons.